The number of pyridine rings is 1. The Kier molecular flexibility index (Phi) is 5.95. The largest absolute Gasteiger partial charge is 0.289 e. The number of rotatable bonds is 6. The van der Waals surface area contributed by atoms with Crippen molar-refractivity contribution in [2.75, 3.05) is 16.7 Å². The molecule has 0 saturated heterocycles. The molecule has 0 fully saturated rings. The van der Waals surface area contributed by atoms with Gasteiger partial charge in [0.2, 0.25) is 5.95 Å². The lowest BCUT2D eigenvalue weighted by atomic mass is 10.2. The van der Waals surface area contributed by atoms with E-state index in [1.54, 1.807) is 48.5 Å². The van der Waals surface area contributed by atoms with E-state index in [4.69, 9.17) is 0 Å². The van der Waals surface area contributed by atoms with Gasteiger partial charge in [-0.15, -0.1) is 5.10 Å². The molecule has 9 nitrogen and oxygen atoms in total. The summed E-state index contributed by atoms with van der Waals surface area (Å²) in [5, 5.41) is 10.5. The zero-order valence-electron chi connectivity index (χ0n) is 19.5. The maximum Gasteiger partial charge on any atom is 0.264 e. The lowest BCUT2D eigenvalue weighted by molar-refractivity contribution is 0.102. The first-order valence-corrected chi connectivity index (χ1v) is 12.5. The summed E-state index contributed by atoms with van der Waals surface area (Å²) in [5.74, 6) is 0.102. The molecular weight excluding hydrogens is 476 g/mol. The van der Waals surface area contributed by atoms with Crippen LogP contribution in [0.1, 0.15) is 15.9 Å². The van der Waals surface area contributed by atoms with Crippen LogP contribution < -0.4 is 9.62 Å². The molecular formula is C26H22N6O3S. The Balaban J connectivity index is 1.29. The lowest BCUT2D eigenvalue weighted by Crippen LogP contribution is -2.26. The molecule has 0 aliphatic carbocycles. The molecule has 0 unspecified atom stereocenters. The van der Waals surface area contributed by atoms with Crippen LogP contribution in [0.3, 0.4) is 0 Å². The van der Waals surface area contributed by atoms with Gasteiger partial charge in [0.1, 0.15) is 5.69 Å². The minimum Gasteiger partial charge on any atom is -0.289 e. The van der Waals surface area contributed by atoms with Crippen LogP contribution in [0.25, 0.3) is 22.4 Å². The van der Waals surface area contributed by atoms with Crippen molar-refractivity contribution in [2.45, 2.75) is 11.8 Å². The van der Waals surface area contributed by atoms with Gasteiger partial charge < -0.3 is 0 Å². The number of nitrogens with one attached hydrogen (secondary N) is 2. The molecule has 10 heteroatoms. The van der Waals surface area contributed by atoms with Crippen molar-refractivity contribution < 1.29 is 13.2 Å². The van der Waals surface area contributed by atoms with Gasteiger partial charge in [-0.3, -0.25) is 19.5 Å². The summed E-state index contributed by atoms with van der Waals surface area (Å²) in [4.78, 5) is 21.8. The second kappa shape index (κ2) is 9.23. The Morgan fingerprint density at radius 1 is 0.889 bits per heavy atom. The third-order valence-corrected chi connectivity index (χ3v) is 7.52. The summed E-state index contributed by atoms with van der Waals surface area (Å²) in [6.07, 6.45) is 0. The van der Waals surface area contributed by atoms with Crippen molar-refractivity contribution in [3.63, 3.8) is 0 Å². The summed E-state index contributed by atoms with van der Waals surface area (Å²) < 4.78 is 27.0. The number of aromatic amines is 1. The molecule has 5 aromatic rings. The molecule has 5 rings (SSSR count). The fraction of sp³-hybridized carbons (Fsp3) is 0.0769. The van der Waals surface area contributed by atoms with Crippen LogP contribution in [-0.4, -0.2) is 41.5 Å². The highest BCUT2D eigenvalue weighted by Crippen LogP contribution is 2.23. The number of sulfonamides is 1. The second-order valence-corrected chi connectivity index (χ2v) is 10.2. The summed E-state index contributed by atoms with van der Waals surface area (Å²) in [7, 11) is -2.25. The van der Waals surface area contributed by atoms with Crippen LogP contribution in [-0.2, 0) is 10.0 Å². The number of benzene rings is 3. The van der Waals surface area contributed by atoms with Crippen molar-refractivity contribution in [1.29, 1.82) is 0 Å². The highest BCUT2D eigenvalue weighted by atomic mass is 32.2. The van der Waals surface area contributed by atoms with Crippen molar-refractivity contribution in [3.8, 4) is 11.5 Å². The summed E-state index contributed by atoms with van der Waals surface area (Å²) in [6, 6.07) is 24.4. The quantitative estimate of drug-likeness (QED) is 0.358. The highest BCUT2D eigenvalue weighted by molar-refractivity contribution is 7.92. The predicted octanol–water partition coefficient (Wildman–Crippen LogP) is 4.41. The van der Waals surface area contributed by atoms with E-state index >= 15 is 0 Å². The minimum atomic E-state index is -3.73. The number of para-hydroxylation sites is 1. The Bertz CT molecular complexity index is 1660. The average molecular weight is 499 g/mol. The summed E-state index contributed by atoms with van der Waals surface area (Å²) >= 11 is 0. The van der Waals surface area contributed by atoms with Gasteiger partial charge in [0.15, 0.2) is 5.82 Å². The third kappa shape index (κ3) is 4.53. The number of aromatic nitrogens is 4. The van der Waals surface area contributed by atoms with Crippen LogP contribution >= 0.6 is 0 Å². The number of carbonyl (C=O) groups is 1. The molecule has 0 bridgehead atoms. The van der Waals surface area contributed by atoms with Crippen LogP contribution in [0.4, 0.5) is 11.6 Å². The van der Waals surface area contributed by atoms with E-state index in [2.05, 4.69) is 25.5 Å². The van der Waals surface area contributed by atoms with Gasteiger partial charge in [-0.1, -0.05) is 42.0 Å². The summed E-state index contributed by atoms with van der Waals surface area (Å²) in [5.41, 5.74) is 3.15. The van der Waals surface area contributed by atoms with E-state index in [9.17, 15) is 13.2 Å². The second-order valence-electron chi connectivity index (χ2n) is 8.18. The maximum absolute atomic E-state index is 12.9. The number of fused-ring (bicyclic) bond motifs is 1. The molecule has 2 N–H and O–H groups in total. The first-order valence-electron chi connectivity index (χ1n) is 11.1. The Hall–Kier alpha value is -4.57. The van der Waals surface area contributed by atoms with Gasteiger partial charge in [0, 0.05) is 18.0 Å². The standard InChI is InChI=1S/C26H22N6O3S/c1-17-7-14-21(15-8-17)36(34,35)32(2)20-12-9-19(10-13-20)25(33)29-26-28-24(30-31-26)23-16-11-18-5-3-4-6-22(18)27-23/h3-16H,1-2H3,(H2,28,29,30,31,33). The van der Waals surface area contributed by atoms with Crippen molar-refractivity contribution >= 4 is 38.5 Å². The van der Waals surface area contributed by atoms with Gasteiger partial charge in [0.05, 0.1) is 16.1 Å². The zero-order chi connectivity index (χ0) is 25.3. The van der Waals surface area contributed by atoms with Gasteiger partial charge in [-0.2, -0.15) is 4.98 Å². The molecule has 0 aliphatic heterocycles. The molecule has 0 saturated carbocycles. The van der Waals surface area contributed by atoms with E-state index in [1.165, 1.54) is 11.4 Å². The third-order valence-electron chi connectivity index (χ3n) is 5.72. The van der Waals surface area contributed by atoms with E-state index in [-0.39, 0.29) is 10.8 Å². The minimum absolute atomic E-state index is 0.105. The molecule has 1 amide bonds. The van der Waals surface area contributed by atoms with Crippen molar-refractivity contribution in [2.24, 2.45) is 0 Å². The predicted molar refractivity (Wildman–Crippen MR) is 138 cm³/mol. The number of nitrogens with zero attached hydrogens (tertiary/aromatic N) is 4. The molecule has 36 heavy (non-hydrogen) atoms. The van der Waals surface area contributed by atoms with Crippen molar-refractivity contribution in [1.82, 2.24) is 20.2 Å². The van der Waals surface area contributed by atoms with Crippen LogP contribution in [0.2, 0.25) is 0 Å². The fourth-order valence-corrected chi connectivity index (χ4v) is 4.83. The Labute approximate surface area is 207 Å². The average Bonchev–Trinajstić information content (AvgIpc) is 3.36. The molecule has 3 aromatic carbocycles. The molecule has 2 aromatic heterocycles. The van der Waals surface area contributed by atoms with Crippen molar-refractivity contribution in [3.05, 3.63) is 96.1 Å². The van der Waals surface area contributed by atoms with Crippen LogP contribution in [0.5, 0.6) is 0 Å². The molecule has 0 spiro atoms. The molecule has 180 valence electrons. The van der Waals surface area contributed by atoms with Gasteiger partial charge >= 0.3 is 0 Å². The van der Waals surface area contributed by atoms with E-state index in [0.29, 0.717) is 22.8 Å². The van der Waals surface area contributed by atoms with Gasteiger partial charge in [-0.25, -0.2) is 13.4 Å². The fourth-order valence-electron chi connectivity index (χ4n) is 3.63. The smallest absolute Gasteiger partial charge is 0.264 e. The topological polar surface area (TPSA) is 121 Å². The lowest BCUT2D eigenvalue weighted by Gasteiger charge is -2.19. The highest BCUT2D eigenvalue weighted by Gasteiger charge is 2.21. The first-order chi connectivity index (χ1) is 17.3. The van der Waals surface area contributed by atoms with E-state index in [0.717, 1.165) is 16.5 Å². The number of aryl methyl sites for hydroxylation is 1. The molecule has 0 aliphatic rings. The normalized spacial score (nSPS) is 11.4. The Morgan fingerprint density at radius 3 is 2.36 bits per heavy atom. The summed E-state index contributed by atoms with van der Waals surface area (Å²) in [6.45, 7) is 1.89. The number of hydrogen-bond donors (Lipinski definition) is 2. The monoisotopic (exact) mass is 498 g/mol. The maximum atomic E-state index is 12.9. The zero-order valence-corrected chi connectivity index (χ0v) is 20.3. The number of H-pyrrole nitrogens is 1. The number of anilines is 2. The number of carbonyl (C=O) groups excluding carboxylic acids is 1. The van der Waals surface area contributed by atoms with Crippen LogP contribution in [0, 0.1) is 6.92 Å². The molecule has 0 radical (unpaired) electrons. The van der Waals surface area contributed by atoms with Gasteiger partial charge in [0.25, 0.3) is 15.9 Å². The number of hydrogen-bond acceptors (Lipinski definition) is 6. The number of amides is 1. The first kappa shape index (κ1) is 23.2. The SMILES string of the molecule is Cc1ccc(S(=O)(=O)N(C)c2ccc(C(=O)Nc3n[nH]c(-c4ccc5ccccc5n4)n3)cc2)cc1. The Morgan fingerprint density at radius 2 is 1.61 bits per heavy atom. The molecule has 2 heterocycles. The van der Waals surface area contributed by atoms with E-state index in [1.807, 2.05) is 43.3 Å². The molecule has 0 atom stereocenters. The van der Waals surface area contributed by atoms with Crippen LogP contribution in [0.15, 0.2) is 89.8 Å². The van der Waals surface area contributed by atoms with Gasteiger partial charge in [-0.05, 0) is 55.5 Å². The van der Waals surface area contributed by atoms with E-state index < -0.39 is 15.9 Å².